The van der Waals surface area contributed by atoms with Crippen LogP contribution in [0.25, 0.3) is 17.0 Å². The number of carbonyl (C=O) groups excluding carboxylic acids is 3. The predicted octanol–water partition coefficient (Wildman–Crippen LogP) is 2.62. The smallest absolute Gasteiger partial charge is 0.265 e. The van der Waals surface area contributed by atoms with Crippen molar-refractivity contribution in [3.05, 3.63) is 64.0 Å². The summed E-state index contributed by atoms with van der Waals surface area (Å²) in [6.45, 7) is 0.606. The van der Waals surface area contributed by atoms with Crippen molar-refractivity contribution in [3.63, 3.8) is 0 Å². The van der Waals surface area contributed by atoms with Crippen LogP contribution >= 0.6 is 23.6 Å². The second kappa shape index (κ2) is 8.44. The third-order valence-corrected chi connectivity index (χ3v) is 6.54. The fourth-order valence-corrected chi connectivity index (χ4v) is 4.27. The molecular weight excluding hydrogens is 432 g/mol. The lowest BCUT2D eigenvalue weighted by atomic mass is 10.1. The van der Waals surface area contributed by atoms with Crippen molar-refractivity contribution in [2.24, 2.45) is 0 Å². The van der Waals surface area contributed by atoms with E-state index in [1.165, 1.54) is 9.80 Å². The van der Waals surface area contributed by atoms with E-state index in [-0.39, 0.29) is 23.1 Å². The molecule has 9 heteroatoms. The van der Waals surface area contributed by atoms with Gasteiger partial charge in [-0.3, -0.25) is 24.2 Å². The van der Waals surface area contributed by atoms with Gasteiger partial charge in [0.1, 0.15) is 12.1 Å². The second-order valence-corrected chi connectivity index (χ2v) is 8.55. The number of hydrogen-bond donors (Lipinski definition) is 1. The summed E-state index contributed by atoms with van der Waals surface area (Å²) in [5.74, 6) is -1.01. The summed E-state index contributed by atoms with van der Waals surface area (Å²) in [7, 11) is 3.09. The second-order valence-electron chi connectivity index (χ2n) is 7.15. The summed E-state index contributed by atoms with van der Waals surface area (Å²) >= 11 is 6.73. The summed E-state index contributed by atoms with van der Waals surface area (Å²) in [5, 5.41) is 5.90. The Kier molecular flexibility index (Phi) is 5.71. The first-order valence-corrected chi connectivity index (χ1v) is 10.8. The number of thiocarbonyl (C=S) groups is 1. The summed E-state index contributed by atoms with van der Waals surface area (Å²) in [6, 6.07) is 11.5. The highest BCUT2D eigenvalue weighted by molar-refractivity contribution is 7.80. The molecule has 0 spiro atoms. The molecule has 1 N–H and O–H groups in total. The van der Waals surface area contributed by atoms with Crippen molar-refractivity contribution in [2.75, 3.05) is 14.1 Å². The average molecular weight is 453 g/mol. The van der Waals surface area contributed by atoms with Gasteiger partial charge in [-0.2, -0.15) is 0 Å². The molecule has 0 unspecified atom stereocenters. The van der Waals surface area contributed by atoms with Gasteiger partial charge in [0.2, 0.25) is 5.91 Å². The Morgan fingerprint density at radius 3 is 2.48 bits per heavy atom. The molecule has 3 heterocycles. The number of carbonyl (C=O) groups is 3. The Labute approximate surface area is 188 Å². The van der Waals surface area contributed by atoms with E-state index in [1.807, 2.05) is 46.3 Å². The molecule has 7 nitrogen and oxygen atoms in total. The van der Waals surface area contributed by atoms with Gasteiger partial charge in [0.25, 0.3) is 11.8 Å². The van der Waals surface area contributed by atoms with E-state index in [0.29, 0.717) is 12.1 Å². The minimum Gasteiger partial charge on any atom is -0.350 e. The maximum Gasteiger partial charge on any atom is 0.265 e. The van der Waals surface area contributed by atoms with Crippen molar-refractivity contribution in [3.8, 4) is 0 Å². The van der Waals surface area contributed by atoms with E-state index in [9.17, 15) is 14.4 Å². The number of benzene rings is 1. The van der Waals surface area contributed by atoms with E-state index in [1.54, 1.807) is 37.7 Å². The predicted molar refractivity (Wildman–Crippen MR) is 124 cm³/mol. The monoisotopic (exact) mass is 452 g/mol. The van der Waals surface area contributed by atoms with Gasteiger partial charge in [-0.1, -0.05) is 24.3 Å². The Morgan fingerprint density at radius 2 is 1.81 bits per heavy atom. The highest BCUT2D eigenvalue weighted by Gasteiger charge is 2.35. The van der Waals surface area contributed by atoms with E-state index in [4.69, 9.17) is 12.2 Å². The third-order valence-electron chi connectivity index (χ3n) is 5.12. The van der Waals surface area contributed by atoms with Gasteiger partial charge >= 0.3 is 0 Å². The molecule has 2 aromatic heterocycles. The zero-order valence-electron chi connectivity index (χ0n) is 17.0. The Morgan fingerprint density at radius 1 is 1.10 bits per heavy atom. The van der Waals surface area contributed by atoms with Crippen molar-refractivity contribution in [1.29, 1.82) is 0 Å². The first kappa shape index (κ1) is 21.0. The molecule has 3 amide bonds. The molecule has 1 fully saturated rings. The molecule has 3 aromatic rings. The van der Waals surface area contributed by atoms with Crippen LogP contribution in [0, 0.1) is 0 Å². The van der Waals surface area contributed by atoms with E-state index in [2.05, 4.69) is 5.32 Å². The molecular formula is C22H20N4O3S2. The number of nitrogens with zero attached hydrogens (tertiary/aromatic N) is 3. The standard InChI is InChI=1S/C22H20N4O3S2/c1-24-20(28)17(21(29)25(2)22(24)30)10-14-12-26(18-8-4-3-7-16(14)18)13-19(27)23-11-15-6-5-9-31-15/h3-10,12H,11,13H2,1-2H3,(H,23,27). The van der Waals surface area contributed by atoms with E-state index < -0.39 is 11.8 Å². The number of rotatable bonds is 5. The zero-order chi connectivity index (χ0) is 22.1. The molecule has 1 saturated heterocycles. The molecule has 0 bridgehead atoms. The molecule has 31 heavy (non-hydrogen) atoms. The number of fused-ring (bicyclic) bond motifs is 1. The first-order valence-electron chi connectivity index (χ1n) is 9.55. The summed E-state index contributed by atoms with van der Waals surface area (Å²) < 4.78 is 1.82. The molecule has 0 saturated carbocycles. The molecule has 0 radical (unpaired) electrons. The van der Waals surface area contributed by atoms with Crippen LogP contribution < -0.4 is 5.32 Å². The van der Waals surface area contributed by atoms with Crippen LogP contribution in [-0.4, -0.2) is 51.3 Å². The van der Waals surface area contributed by atoms with Crippen LogP contribution in [0.1, 0.15) is 10.4 Å². The van der Waals surface area contributed by atoms with Gasteiger partial charge < -0.3 is 9.88 Å². The van der Waals surface area contributed by atoms with Crippen LogP contribution in [0.3, 0.4) is 0 Å². The Balaban J connectivity index is 1.64. The highest BCUT2D eigenvalue weighted by Crippen LogP contribution is 2.26. The number of hydrogen-bond acceptors (Lipinski definition) is 5. The Bertz CT molecular complexity index is 1200. The van der Waals surface area contributed by atoms with Crippen LogP contribution in [-0.2, 0) is 27.5 Å². The topological polar surface area (TPSA) is 74.6 Å². The lowest BCUT2D eigenvalue weighted by molar-refractivity contribution is -0.132. The van der Waals surface area contributed by atoms with Crippen molar-refractivity contribution >= 4 is 63.4 Å². The largest absolute Gasteiger partial charge is 0.350 e. The minimum atomic E-state index is -0.446. The molecule has 0 aliphatic carbocycles. The molecule has 1 aliphatic rings. The van der Waals surface area contributed by atoms with Crippen LogP contribution in [0.4, 0.5) is 0 Å². The lowest BCUT2D eigenvalue weighted by Gasteiger charge is -2.31. The fourth-order valence-electron chi connectivity index (χ4n) is 3.46. The summed E-state index contributed by atoms with van der Waals surface area (Å²) in [5.41, 5.74) is 1.56. The number of thiophene rings is 1. The first-order chi connectivity index (χ1) is 14.9. The van der Waals surface area contributed by atoms with Crippen molar-refractivity contribution < 1.29 is 14.4 Å². The summed E-state index contributed by atoms with van der Waals surface area (Å²) in [6.07, 6.45) is 3.36. The van der Waals surface area contributed by atoms with Crippen LogP contribution in [0.2, 0.25) is 0 Å². The number of aromatic nitrogens is 1. The fraction of sp³-hybridized carbons (Fsp3) is 0.182. The van der Waals surface area contributed by atoms with Gasteiger partial charge in [-0.05, 0) is 35.8 Å². The number of nitrogens with one attached hydrogen (secondary N) is 1. The normalized spacial score (nSPS) is 14.5. The third kappa shape index (κ3) is 4.01. The molecule has 0 atom stereocenters. The number of amides is 3. The Hall–Kier alpha value is -3.30. The summed E-state index contributed by atoms with van der Waals surface area (Å²) in [4.78, 5) is 41.5. The van der Waals surface area contributed by atoms with Gasteiger partial charge in [0.15, 0.2) is 5.11 Å². The van der Waals surface area contributed by atoms with Gasteiger partial charge in [-0.15, -0.1) is 11.3 Å². The quantitative estimate of drug-likeness (QED) is 0.367. The average Bonchev–Trinajstić information content (AvgIpc) is 3.41. The number of likely N-dealkylation sites (N-methyl/N-ethyl adjacent to an activating group) is 2. The van der Waals surface area contributed by atoms with Crippen LogP contribution in [0.5, 0.6) is 0 Å². The maximum absolute atomic E-state index is 12.7. The van der Waals surface area contributed by atoms with E-state index >= 15 is 0 Å². The lowest BCUT2D eigenvalue weighted by Crippen LogP contribution is -2.52. The van der Waals surface area contributed by atoms with Crippen molar-refractivity contribution in [1.82, 2.24) is 19.7 Å². The molecule has 1 aromatic carbocycles. The SMILES string of the molecule is CN1C(=O)C(=Cc2cn(CC(=O)NCc3cccs3)c3ccccc23)C(=O)N(C)C1=S. The van der Waals surface area contributed by atoms with Crippen LogP contribution in [0.15, 0.2) is 53.5 Å². The maximum atomic E-state index is 12.7. The van der Waals surface area contributed by atoms with Crippen molar-refractivity contribution in [2.45, 2.75) is 13.1 Å². The minimum absolute atomic E-state index is 0.0312. The highest BCUT2D eigenvalue weighted by atomic mass is 32.1. The van der Waals surface area contributed by atoms with Gasteiger partial charge in [-0.25, -0.2) is 0 Å². The van der Waals surface area contributed by atoms with E-state index in [0.717, 1.165) is 15.8 Å². The zero-order valence-corrected chi connectivity index (χ0v) is 18.6. The van der Waals surface area contributed by atoms with Gasteiger partial charge in [0.05, 0.1) is 6.54 Å². The molecule has 4 rings (SSSR count). The van der Waals surface area contributed by atoms with Gasteiger partial charge in [0, 0.05) is 41.6 Å². The molecule has 1 aliphatic heterocycles. The number of para-hydroxylation sites is 1. The molecule has 158 valence electrons.